The average Bonchev–Trinajstić information content (AvgIpc) is 2.52. The Bertz CT molecular complexity index is 454. The first-order valence-corrected chi connectivity index (χ1v) is 7.11. The minimum atomic E-state index is 0.137. The Morgan fingerprint density at radius 3 is 2.90 bits per heavy atom. The van der Waals surface area contributed by atoms with E-state index in [0.29, 0.717) is 13.2 Å². The summed E-state index contributed by atoms with van der Waals surface area (Å²) in [6.07, 6.45) is 3.55. The first kappa shape index (κ1) is 14.6. The number of rotatable bonds is 6. The first-order valence-electron chi connectivity index (χ1n) is 7.11. The van der Waals surface area contributed by atoms with Gasteiger partial charge in [-0.2, -0.15) is 0 Å². The van der Waals surface area contributed by atoms with E-state index in [1.165, 1.54) is 0 Å². The van der Waals surface area contributed by atoms with Crippen LogP contribution in [-0.4, -0.2) is 25.6 Å². The molecule has 2 N–H and O–H groups in total. The van der Waals surface area contributed by atoms with Crippen molar-refractivity contribution in [3.8, 4) is 5.75 Å². The summed E-state index contributed by atoms with van der Waals surface area (Å²) in [6, 6.07) is 7.76. The molecule has 0 radical (unpaired) electrons. The maximum atomic E-state index is 12.1. The van der Waals surface area contributed by atoms with Crippen LogP contribution in [0.25, 0.3) is 0 Å². The molecule has 1 aromatic carbocycles. The second-order valence-electron chi connectivity index (χ2n) is 4.95. The third-order valence-electron chi connectivity index (χ3n) is 3.49. The molecule has 1 heterocycles. The summed E-state index contributed by atoms with van der Waals surface area (Å²) < 4.78 is 5.58. The highest BCUT2D eigenvalue weighted by Gasteiger charge is 2.20. The van der Waals surface area contributed by atoms with Crippen molar-refractivity contribution >= 4 is 5.91 Å². The van der Waals surface area contributed by atoms with E-state index in [2.05, 4.69) is 17.2 Å². The molecule has 1 aromatic rings. The third kappa shape index (κ3) is 4.10. The average molecular weight is 274 g/mol. The zero-order valence-electron chi connectivity index (χ0n) is 11.7. The van der Waals surface area contributed by atoms with E-state index in [9.17, 15) is 4.79 Å². The Morgan fingerprint density at radius 1 is 1.40 bits per heavy atom. The number of benzene rings is 1. The second-order valence-corrected chi connectivity index (χ2v) is 4.95. The molecule has 0 atom stereocenters. The predicted molar refractivity (Wildman–Crippen MR) is 79.6 cm³/mol. The van der Waals surface area contributed by atoms with Crippen LogP contribution in [0.3, 0.4) is 0 Å². The van der Waals surface area contributed by atoms with Crippen molar-refractivity contribution in [2.45, 2.75) is 19.4 Å². The van der Waals surface area contributed by atoms with Crippen molar-refractivity contribution in [1.29, 1.82) is 0 Å². The van der Waals surface area contributed by atoms with Crippen LogP contribution in [0.1, 0.15) is 18.4 Å². The number of hydrogen-bond acceptors (Lipinski definition) is 3. The van der Waals surface area contributed by atoms with E-state index in [-0.39, 0.29) is 11.8 Å². The van der Waals surface area contributed by atoms with Gasteiger partial charge in [-0.3, -0.25) is 4.79 Å². The summed E-state index contributed by atoms with van der Waals surface area (Å²) >= 11 is 0. The van der Waals surface area contributed by atoms with E-state index in [1.54, 1.807) is 6.08 Å². The van der Waals surface area contributed by atoms with E-state index in [0.717, 1.165) is 37.2 Å². The highest BCUT2D eigenvalue weighted by atomic mass is 16.5. The molecule has 108 valence electrons. The largest absolute Gasteiger partial charge is 0.489 e. The number of para-hydroxylation sites is 1. The summed E-state index contributed by atoms with van der Waals surface area (Å²) in [5.74, 6) is 1.08. The lowest BCUT2D eigenvalue weighted by Gasteiger charge is -2.22. The molecule has 1 saturated heterocycles. The highest BCUT2D eigenvalue weighted by molar-refractivity contribution is 5.78. The van der Waals surface area contributed by atoms with Crippen LogP contribution >= 0.6 is 0 Å². The summed E-state index contributed by atoms with van der Waals surface area (Å²) in [6.45, 7) is 6.48. The Kier molecular flexibility index (Phi) is 5.62. The molecule has 4 heteroatoms. The second kappa shape index (κ2) is 7.70. The Labute approximate surface area is 120 Å². The normalized spacial score (nSPS) is 15.6. The molecule has 0 aliphatic carbocycles. The molecule has 0 saturated carbocycles. The van der Waals surface area contributed by atoms with Crippen LogP contribution < -0.4 is 15.4 Å². The Hall–Kier alpha value is -1.81. The maximum absolute atomic E-state index is 12.1. The zero-order valence-corrected chi connectivity index (χ0v) is 11.7. The first-order chi connectivity index (χ1) is 9.81. The van der Waals surface area contributed by atoms with E-state index >= 15 is 0 Å². The number of ether oxygens (including phenoxy) is 1. The van der Waals surface area contributed by atoms with Gasteiger partial charge in [0.05, 0.1) is 0 Å². The maximum Gasteiger partial charge on any atom is 0.223 e. The van der Waals surface area contributed by atoms with E-state index < -0.39 is 0 Å². The fourth-order valence-electron chi connectivity index (χ4n) is 2.35. The van der Waals surface area contributed by atoms with Gasteiger partial charge in [-0.25, -0.2) is 0 Å². The molecular formula is C16H22N2O2. The van der Waals surface area contributed by atoms with Crippen molar-refractivity contribution in [2.24, 2.45) is 5.92 Å². The fraction of sp³-hybridized carbons (Fsp3) is 0.438. The summed E-state index contributed by atoms with van der Waals surface area (Å²) in [5.41, 5.74) is 0.997. The van der Waals surface area contributed by atoms with E-state index in [1.807, 2.05) is 24.3 Å². The molecule has 0 spiro atoms. The number of piperidine rings is 1. The van der Waals surface area contributed by atoms with Crippen LogP contribution in [0, 0.1) is 5.92 Å². The smallest absolute Gasteiger partial charge is 0.223 e. The highest BCUT2D eigenvalue weighted by Crippen LogP contribution is 2.18. The summed E-state index contributed by atoms with van der Waals surface area (Å²) in [7, 11) is 0. The van der Waals surface area contributed by atoms with Gasteiger partial charge in [-0.15, -0.1) is 0 Å². The molecule has 4 nitrogen and oxygen atoms in total. The number of carbonyl (C=O) groups is 1. The lowest BCUT2D eigenvalue weighted by molar-refractivity contribution is -0.125. The van der Waals surface area contributed by atoms with Gasteiger partial charge >= 0.3 is 0 Å². The fourth-order valence-corrected chi connectivity index (χ4v) is 2.35. The zero-order chi connectivity index (χ0) is 14.2. The third-order valence-corrected chi connectivity index (χ3v) is 3.49. The SMILES string of the molecule is C=CCOc1ccccc1CNC(=O)C1CCNCC1. The minimum Gasteiger partial charge on any atom is -0.489 e. The molecule has 0 aromatic heterocycles. The van der Waals surface area contributed by atoms with Crippen molar-refractivity contribution < 1.29 is 9.53 Å². The van der Waals surface area contributed by atoms with Gasteiger partial charge in [0.2, 0.25) is 5.91 Å². The van der Waals surface area contributed by atoms with Gasteiger partial charge < -0.3 is 15.4 Å². The molecule has 20 heavy (non-hydrogen) atoms. The quantitative estimate of drug-likeness (QED) is 0.779. The van der Waals surface area contributed by atoms with Gasteiger partial charge in [0.25, 0.3) is 0 Å². The van der Waals surface area contributed by atoms with Crippen LogP contribution in [0.5, 0.6) is 5.75 Å². The molecule has 0 bridgehead atoms. The van der Waals surface area contributed by atoms with Gasteiger partial charge in [-0.1, -0.05) is 30.9 Å². The summed E-state index contributed by atoms with van der Waals surface area (Å²) in [5, 5.41) is 6.28. The monoisotopic (exact) mass is 274 g/mol. The number of nitrogens with one attached hydrogen (secondary N) is 2. The number of amides is 1. The molecule has 1 amide bonds. The predicted octanol–water partition coefficient (Wildman–Crippen LogP) is 1.87. The standard InChI is InChI=1S/C16H22N2O2/c1-2-11-20-15-6-4-3-5-14(15)12-18-16(19)13-7-9-17-10-8-13/h2-6,13,17H,1,7-12H2,(H,18,19). The molecular weight excluding hydrogens is 252 g/mol. The van der Waals surface area contributed by atoms with Crippen molar-refractivity contribution in [1.82, 2.24) is 10.6 Å². The lowest BCUT2D eigenvalue weighted by atomic mass is 9.97. The van der Waals surface area contributed by atoms with Gasteiger partial charge in [0.15, 0.2) is 0 Å². The van der Waals surface area contributed by atoms with Crippen LogP contribution in [-0.2, 0) is 11.3 Å². The Morgan fingerprint density at radius 2 is 2.15 bits per heavy atom. The van der Waals surface area contributed by atoms with Gasteiger partial charge in [0, 0.05) is 18.0 Å². The molecule has 1 aliphatic rings. The van der Waals surface area contributed by atoms with Crippen molar-refractivity contribution in [3.05, 3.63) is 42.5 Å². The van der Waals surface area contributed by atoms with Gasteiger partial charge in [-0.05, 0) is 32.0 Å². The van der Waals surface area contributed by atoms with Crippen molar-refractivity contribution in [2.75, 3.05) is 19.7 Å². The lowest BCUT2D eigenvalue weighted by Crippen LogP contribution is -2.37. The van der Waals surface area contributed by atoms with Gasteiger partial charge in [0.1, 0.15) is 12.4 Å². The molecule has 2 rings (SSSR count). The van der Waals surface area contributed by atoms with Crippen molar-refractivity contribution in [3.63, 3.8) is 0 Å². The number of carbonyl (C=O) groups excluding carboxylic acids is 1. The Balaban J connectivity index is 1.89. The van der Waals surface area contributed by atoms with E-state index in [4.69, 9.17) is 4.74 Å². The molecule has 1 aliphatic heterocycles. The molecule has 1 fully saturated rings. The molecule has 0 unspecified atom stereocenters. The van der Waals surface area contributed by atoms with Crippen LogP contribution in [0.2, 0.25) is 0 Å². The van der Waals surface area contributed by atoms with Crippen LogP contribution in [0.4, 0.5) is 0 Å². The summed E-state index contributed by atoms with van der Waals surface area (Å²) in [4.78, 5) is 12.1. The van der Waals surface area contributed by atoms with Crippen LogP contribution in [0.15, 0.2) is 36.9 Å². The minimum absolute atomic E-state index is 0.137. The topological polar surface area (TPSA) is 50.4 Å². The number of hydrogen-bond donors (Lipinski definition) is 2.